The zero-order valence-corrected chi connectivity index (χ0v) is 11.1. The van der Waals surface area contributed by atoms with Gasteiger partial charge in [0.15, 0.2) is 0 Å². The second-order valence-electron chi connectivity index (χ2n) is 4.48. The number of nitrogens with zero attached hydrogens (tertiary/aromatic N) is 1. The number of unbranched alkanes of at least 4 members (excludes halogenated alkanes) is 1. The van der Waals surface area contributed by atoms with Gasteiger partial charge in [0.05, 0.1) is 7.85 Å². The molecule has 0 heterocycles. The molecule has 0 bridgehead atoms. The Labute approximate surface area is 106 Å². The van der Waals surface area contributed by atoms with Crippen molar-refractivity contribution in [1.29, 1.82) is 0 Å². The van der Waals surface area contributed by atoms with Crippen LogP contribution in [0, 0.1) is 0 Å². The normalized spacial score (nSPS) is 14.8. The smallest absolute Gasteiger partial charge is 0.323 e. The minimum absolute atomic E-state index is 0.495. The Balaban J connectivity index is 4.25. The van der Waals surface area contributed by atoms with Crippen molar-refractivity contribution in [2.24, 2.45) is 5.73 Å². The van der Waals surface area contributed by atoms with Gasteiger partial charge in [-0.05, 0) is 25.9 Å². The summed E-state index contributed by atoms with van der Waals surface area (Å²) in [5.74, 6) is -0.901. The lowest BCUT2D eigenvalue weighted by atomic mass is 9.88. The number of rotatable bonds is 10. The van der Waals surface area contributed by atoms with E-state index in [0.29, 0.717) is 19.2 Å². The Kier molecular flexibility index (Phi) is 8.26. The fourth-order valence-corrected chi connectivity index (χ4v) is 1.82. The van der Waals surface area contributed by atoms with E-state index < -0.39 is 11.5 Å². The molecule has 3 N–H and O–H groups in total. The van der Waals surface area contributed by atoms with Crippen LogP contribution in [0.2, 0.25) is 6.32 Å². The third-order valence-corrected chi connectivity index (χ3v) is 3.27. The van der Waals surface area contributed by atoms with Crippen LogP contribution >= 0.6 is 0 Å². The largest absolute Gasteiger partial charge is 0.480 e. The highest BCUT2D eigenvalue weighted by molar-refractivity contribution is 6.08. The van der Waals surface area contributed by atoms with Crippen LogP contribution in [0.25, 0.3) is 0 Å². The van der Waals surface area contributed by atoms with Crippen LogP contribution in [0.5, 0.6) is 0 Å². The van der Waals surface area contributed by atoms with E-state index in [1.165, 1.54) is 0 Å². The van der Waals surface area contributed by atoms with Crippen molar-refractivity contribution in [3.8, 4) is 0 Å². The molecule has 4 nitrogen and oxygen atoms in total. The van der Waals surface area contributed by atoms with Crippen molar-refractivity contribution < 1.29 is 9.90 Å². The monoisotopic (exact) mass is 240 g/mol. The van der Waals surface area contributed by atoms with Gasteiger partial charge in [-0.2, -0.15) is 0 Å². The van der Waals surface area contributed by atoms with E-state index in [4.69, 9.17) is 13.6 Å². The van der Waals surface area contributed by atoms with Crippen LogP contribution in [-0.2, 0) is 4.79 Å². The van der Waals surface area contributed by atoms with Crippen molar-refractivity contribution in [2.75, 3.05) is 19.6 Å². The van der Waals surface area contributed by atoms with E-state index in [2.05, 4.69) is 18.7 Å². The van der Waals surface area contributed by atoms with E-state index in [1.807, 2.05) is 0 Å². The van der Waals surface area contributed by atoms with E-state index in [9.17, 15) is 9.90 Å². The molecule has 0 rings (SSSR count). The van der Waals surface area contributed by atoms with Gasteiger partial charge in [-0.1, -0.05) is 33.0 Å². The molecule has 0 saturated carbocycles. The molecular formula is C12H25BN2O2. The summed E-state index contributed by atoms with van der Waals surface area (Å²) in [5, 5.41) is 9.22. The summed E-state index contributed by atoms with van der Waals surface area (Å²) in [5.41, 5.74) is 4.87. The highest BCUT2D eigenvalue weighted by Gasteiger charge is 2.33. The molecule has 0 aromatic heterocycles. The van der Waals surface area contributed by atoms with Crippen molar-refractivity contribution in [3.05, 3.63) is 0 Å². The Morgan fingerprint density at radius 1 is 1.29 bits per heavy atom. The molecule has 0 unspecified atom stereocenters. The first-order chi connectivity index (χ1) is 8.00. The molecule has 0 spiro atoms. The molecule has 0 aliphatic heterocycles. The van der Waals surface area contributed by atoms with Gasteiger partial charge in [0.2, 0.25) is 0 Å². The Morgan fingerprint density at radius 2 is 1.88 bits per heavy atom. The summed E-state index contributed by atoms with van der Waals surface area (Å²) < 4.78 is 0. The lowest BCUT2D eigenvalue weighted by molar-refractivity contribution is -0.144. The first kappa shape index (κ1) is 16.5. The van der Waals surface area contributed by atoms with Gasteiger partial charge in [0, 0.05) is 6.54 Å². The molecule has 0 saturated heterocycles. The molecule has 0 amide bonds. The maximum Gasteiger partial charge on any atom is 0.323 e. The summed E-state index contributed by atoms with van der Waals surface area (Å²) in [4.78, 5) is 13.4. The fraction of sp³-hybridized carbons (Fsp3) is 0.917. The van der Waals surface area contributed by atoms with Gasteiger partial charge in [-0.15, -0.1) is 0 Å². The molecule has 98 valence electrons. The average molecular weight is 240 g/mol. The van der Waals surface area contributed by atoms with Gasteiger partial charge in [0.1, 0.15) is 5.54 Å². The van der Waals surface area contributed by atoms with Gasteiger partial charge >= 0.3 is 5.97 Å². The van der Waals surface area contributed by atoms with Gasteiger partial charge in [-0.3, -0.25) is 4.79 Å². The van der Waals surface area contributed by atoms with Crippen LogP contribution in [0.1, 0.15) is 39.5 Å². The van der Waals surface area contributed by atoms with Crippen molar-refractivity contribution in [2.45, 2.75) is 51.4 Å². The van der Waals surface area contributed by atoms with Crippen LogP contribution in [-0.4, -0.2) is 49.0 Å². The predicted octanol–water partition coefficient (Wildman–Crippen LogP) is 1.26. The minimum Gasteiger partial charge on any atom is -0.480 e. The van der Waals surface area contributed by atoms with E-state index >= 15 is 0 Å². The molecule has 0 aliphatic carbocycles. The third kappa shape index (κ3) is 6.08. The molecule has 0 aromatic rings. The summed E-state index contributed by atoms with van der Waals surface area (Å²) in [6.07, 6.45) is 3.19. The molecule has 2 radical (unpaired) electrons. The van der Waals surface area contributed by atoms with Gasteiger partial charge < -0.3 is 15.7 Å². The number of hydrogen-bond donors (Lipinski definition) is 2. The Bertz CT molecular complexity index is 223. The third-order valence-electron chi connectivity index (χ3n) is 3.27. The number of carboxylic acid groups (broad SMARTS) is 1. The van der Waals surface area contributed by atoms with Gasteiger partial charge in [-0.25, -0.2) is 0 Å². The van der Waals surface area contributed by atoms with E-state index in [-0.39, 0.29) is 0 Å². The predicted molar refractivity (Wildman–Crippen MR) is 71.4 cm³/mol. The highest BCUT2D eigenvalue weighted by atomic mass is 16.4. The van der Waals surface area contributed by atoms with Crippen LogP contribution in [0.4, 0.5) is 0 Å². The second kappa shape index (κ2) is 8.53. The van der Waals surface area contributed by atoms with Crippen molar-refractivity contribution in [1.82, 2.24) is 4.90 Å². The Morgan fingerprint density at radius 3 is 2.29 bits per heavy atom. The average Bonchev–Trinajstić information content (AvgIpc) is 2.30. The van der Waals surface area contributed by atoms with Crippen LogP contribution in [0.15, 0.2) is 0 Å². The first-order valence-corrected chi connectivity index (χ1v) is 6.44. The number of carbonyl (C=O) groups is 1. The summed E-state index contributed by atoms with van der Waals surface area (Å²) in [6.45, 7) is 6.72. The first-order valence-electron chi connectivity index (χ1n) is 6.44. The van der Waals surface area contributed by atoms with Gasteiger partial charge in [0.25, 0.3) is 0 Å². The minimum atomic E-state index is -1.10. The quantitative estimate of drug-likeness (QED) is 0.445. The topological polar surface area (TPSA) is 66.6 Å². The van der Waals surface area contributed by atoms with Crippen LogP contribution < -0.4 is 5.73 Å². The Hall–Kier alpha value is -0.545. The molecule has 1 atom stereocenters. The number of hydrogen-bond acceptors (Lipinski definition) is 3. The standard InChI is InChI=1S/C12H25BN2O2/c1-3-15(4-2)10-8-12(14,11(16)17)7-5-6-9-13/h3-10,14H2,1-2H3,(H,16,17)/t12-/m1/s1. The summed E-state index contributed by atoms with van der Waals surface area (Å²) in [6, 6.07) is 0. The summed E-state index contributed by atoms with van der Waals surface area (Å²) in [7, 11) is 5.40. The number of carboxylic acids is 1. The van der Waals surface area contributed by atoms with E-state index in [1.54, 1.807) is 0 Å². The zero-order valence-electron chi connectivity index (χ0n) is 11.1. The maximum absolute atomic E-state index is 11.2. The number of nitrogens with two attached hydrogens (primary N) is 1. The SMILES string of the molecule is [B]CCCC[C@@](N)(CCN(CC)CC)C(=O)O. The van der Waals surface area contributed by atoms with Crippen molar-refractivity contribution >= 4 is 13.8 Å². The fourth-order valence-electron chi connectivity index (χ4n) is 1.82. The summed E-state index contributed by atoms with van der Waals surface area (Å²) >= 11 is 0. The highest BCUT2D eigenvalue weighted by Crippen LogP contribution is 2.17. The molecule has 17 heavy (non-hydrogen) atoms. The lowest BCUT2D eigenvalue weighted by Gasteiger charge is -2.28. The zero-order chi connectivity index (χ0) is 13.3. The molecule has 0 fully saturated rings. The van der Waals surface area contributed by atoms with Crippen LogP contribution in [0.3, 0.4) is 0 Å². The molecule has 5 heteroatoms. The lowest BCUT2D eigenvalue weighted by Crippen LogP contribution is -2.50. The second-order valence-corrected chi connectivity index (χ2v) is 4.48. The molecule has 0 aliphatic rings. The van der Waals surface area contributed by atoms with E-state index in [0.717, 1.165) is 32.5 Å². The molecular weight excluding hydrogens is 215 g/mol. The maximum atomic E-state index is 11.2. The number of aliphatic carboxylic acids is 1. The molecule has 0 aromatic carbocycles. The van der Waals surface area contributed by atoms with Crippen molar-refractivity contribution in [3.63, 3.8) is 0 Å².